The van der Waals surface area contributed by atoms with Gasteiger partial charge in [0.15, 0.2) is 0 Å². The fourth-order valence-corrected chi connectivity index (χ4v) is 3.59. The van der Waals surface area contributed by atoms with E-state index in [0.717, 1.165) is 6.54 Å². The van der Waals surface area contributed by atoms with Gasteiger partial charge in [-0.25, -0.2) is 0 Å². The van der Waals surface area contributed by atoms with E-state index in [1.165, 1.54) is 20.1 Å². The van der Waals surface area contributed by atoms with Crippen LogP contribution in [0.2, 0.25) is 10.6 Å². The Morgan fingerprint density at radius 2 is 1.23 bits per heavy atom. The van der Waals surface area contributed by atoms with E-state index in [1.807, 2.05) is 0 Å². The highest BCUT2D eigenvalue weighted by molar-refractivity contribution is 6.43. The molecule has 0 aliphatic rings. The topological polar surface area (TPSA) is 12.0 Å². The predicted molar refractivity (Wildman–Crippen MR) is 105 cm³/mol. The van der Waals surface area contributed by atoms with Gasteiger partial charge in [-0.05, 0) is 38.0 Å². The zero-order valence-electron chi connectivity index (χ0n) is 17.8. The SMILES string of the molecule is CCC(C)(BC(C)(C)C)CC(C)(CNC(C)(C)C)C(C)(C)C. The molecular formula is C20H44BN. The van der Waals surface area contributed by atoms with Gasteiger partial charge in [-0.2, -0.15) is 0 Å². The normalized spacial score (nSPS) is 19.5. The summed E-state index contributed by atoms with van der Waals surface area (Å²) in [6, 6.07) is 0. The first-order valence-electron chi connectivity index (χ1n) is 9.18. The minimum absolute atomic E-state index is 0.180. The van der Waals surface area contributed by atoms with Crippen molar-refractivity contribution in [2.24, 2.45) is 10.8 Å². The first kappa shape index (κ1) is 22.0. The maximum atomic E-state index is 3.78. The molecule has 0 saturated heterocycles. The lowest BCUT2D eigenvalue weighted by Gasteiger charge is -2.50. The highest BCUT2D eigenvalue weighted by atomic mass is 15.0. The molecule has 0 aliphatic heterocycles. The molecule has 0 aromatic heterocycles. The average Bonchev–Trinajstić information content (AvgIpc) is 2.21. The van der Waals surface area contributed by atoms with Crippen LogP contribution in [-0.4, -0.2) is 19.4 Å². The number of nitrogens with one attached hydrogen (secondary N) is 1. The Morgan fingerprint density at radius 1 is 0.773 bits per heavy atom. The number of rotatable bonds is 6. The first-order chi connectivity index (χ1) is 9.43. The predicted octanol–water partition coefficient (Wildman–Crippen LogP) is 6.06. The van der Waals surface area contributed by atoms with Crippen LogP contribution in [-0.2, 0) is 0 Å². The van der Waals surface area contributed by atoms with Gasteiger partial charge in [-0.3, -0.25) is 0 Å². The number of hydrogen-bond acceptors (Lipinski definition) is 1. The fraction of sp³-hybridized carbons (Fsp3) is 1.00. The van der Waals surface area contributed by atoms with Gasteiger partial charge in [-0.15, -0.1) is 0 Å². The average molecular weight is 309 g/mol. The van der Waals surface area contributed by atoms with Crippen LogP contribution in [0.1, 0.15) is 95.9 Å². The van der Waals surface area contributed by atoms with E-state index in [2.05, 4.69) is 88.4 Å². The molecule has 2 atom stereocenters. The molecule has 1 N–H and O–H groups in total. The van der Waals surface area contributed by atoms with Crippen molar-refractivity contribution < 1.29 is 0 Å². The summed E-state index contributed by atoms with van der Waals surface area (Å²) in [4.78, 5) is 0. The Morgan fingerprint density at radius 3 is 1.50 bits per heavy atom. The summed E-state index contributed by atoms with van der Waals surface area (Å²) in [7, 11) is 1.29. The third kappa shape index (κ3) is 7.53. The third-order valence-electron chi connectivity index (χ3n) is 5.45. The smallest absolute Gasteiger partial charge is 0.134 e. The standard InChI is InChI=1S/C20H44BN/c1-13-20(12,21-17(5,6)7)14-19(11,16(2,3)4)15-22-18(8,9)10/h21-22H,13-15H2,1-12H3. The van der Waals surface area contributed by atoms with Crippen molar-refractivity contribution in [2.45, 2.75) is 112 Å². The van der Waals surface area contributed by atoms with Crippen LogP contribution in [0.15, 0.2) is 0 Å². The molecule has 2 heteroatoms. The zero-order chi connectivity index (χ0) is 18.0. The van der Waals surface area contributed by atoms with Crippen LogP contribution in [0.25, 0.3) is 0 Å². The Balaban J connectivity index is 5.36. The second-order valence-electron chi connectivity index (χ2n) is 11.5. The highest BCUT2D eigenvalue weighted by Crippen LogP contribution is 2.52. The maximum absolute atomic E-state index is 3.78. The van der Waals surface area contributed by atoms with E-state index >= 15 is 0 Å². The minimum atomic E-state index is 0.180. The summed E-state index contributed by atoms with van der Waals surface area (Å²) < 4.78 is 0. The molecule has 22 heavy (non-hydrogen) atoms. The van der Waals surface area contributed by atoms with Crippen molar-refractivity contribution in [2.75, 3.05) is 6.54 Å². The molecule has 0 aromatic carbocycles. The molecule has 0 rings (SSSR count). The van der Waals surface area contributed by atoms with Crippen molar-refractivity contribution in [3.8, 4) is 0 Å². The van der Waals surface area contributed by atoms with Crippen LogP contribution in [0.5, 0.6) is 0 Å². The summed E-state index contributed by atoms with van der Waals surface area (Å²) in [5.41, 5.74) is 0.759. The van der Waals surface area contributed by atoms with Crippen molar-refractivity contribution in [3.63, 3.8) is 0 Å². The molecular weight excluding hydrogens is 265 g/mol. The second-order valence-corrected chi connectivity index (χ2v) is 11.5. The molecule has 0 spiro atoms. The van der Waals surface area contributed by atoms with Crippen LogP contribution < -0.4 is 5.32 Å². The lowest BCUT2D eigenvalue weighted by molar-refractivity contribution is 0.0701. The Labute approximate surface area is 142 Å². The van der Waals surface area contributed by atoms with Crippen molar-refractivity contribution in [3.05, 3.63) is 0 Å². The Bertz CT molecular complexity index is 342. The Hall–Kier alpha value is 0.0249. The third-order valence-corrected chi connectivity index (χ3v) is 5.45. The Kier molecular flexibility index (Phi) is 6.88. The molecule has 0 aromatic rings. The zero-order valence-corrected chi connectivity index (χ0v) is 17.8. The van der Waals surface area contributed by atoms with Gasteiger partial charge >= 0.3 is 0 Å². The van der Waals surface area contributed by atoms with Gasteiger partial charge in [0.2, 0.25) is 0 Å². The lowest BCUT2D eigenvalue weighted by Crippen LogP contribution is -2.49. The first-order valence-corrected chi connectivity index (χ1v) is 9.18. The molecule has 0 amide bonds. The van der Waals surface area contributed by atoms with Gasteiger partial charge in [0.05, 0.1) is 0 Å². The van der Waals surface area contributed by atoms with E-state index in [-0.39, 0.29) is 11.0 Å². The monoisotopic (exact) mass is 309 g/mol. The molecule has 1 nitrogen and oxygen atoms in total. The van der Waals surface area contributed by atoms with E-state index in [9.17, 15) is 0 Å². The summed E-state index contributed by atoms with van der Waals surface area (Å²) in [6.45, 7) is 29.6. The van der Waals surface area contributed by atoms with Crippen LogP contribution in [0.4, 0.5) is 0 Å². The summed E-state index contributed by atoms with van der Waals surface area (Å²) >= 11 is 0. The summed E-state index contributed by atoms with van der Waals surface area (Å²) in [5, 5.41) is 4.57. The van der Waals surface area contributed by atoms with Crippen molar-refractivity contribution in [1.29, 1.82) is 0 Å². The highest BCUT2D eigenvalue weighted by Gasteiger charge is 2.44. The molecule has 0 aliphatic carbocycles. The van der Waals surface area contributed by atoms with Crippen molar-refractivity contribution in [1.82, 2.24) is 5.32 Å². The minimum Gasteiger partial charge on any atom is -0.312 e. The largest absolute Gasteiger partial charge is 0.312 e. The van der Waals surface area contributed by atoms with Gasteiger partial charge in [0, 0.05) is 12.1 Å². The van der Waals surface area contributed by atoms with Gasteiger partial charge in [0.1, 0.15) is 7.28 Å². The summed E-state index contributed by atoms with van der Waals surface area (Å²) in [5.74, 6) is 0. The molecule has 132 valence electrons. The van der Waals surface area contributed by atoms with Gasteiger partial charge < -0.3 is 5.32 Å². The molecule has 0 fully saturated rings. The van der Waals surface area contributed by atoms with Gasteiger partial charge in [0.25, 0.3) is 0 Å². The lowest BCUT2D eigenvalue weighted by atomic mass is 9.37. The van der Waals surface area contributed by atoms with Crippen molar-refractivity contribution >= 4 is 7.28 Å². The second kappa shape index (κ2) is 6.87. The molecule has 0 radical (unpaired) electrons. The quantitative estimate of drug-likeness (QED) is 0.588. The molecule has 2 unspecified atom stereocenters. The maximum Gasteiger partial charge on any atom is 0.134 e. The molecule has 0 saturated carbocycles. The van der Waals surface area contributed by atoms with Crippen LogP contribution in [0.3, 0.4) is 0 Å². The van der Waals surface area contributed by atoms with Crippen LogP contribution in [0, 0.1) is 10.8 Å². The van der Waals surface area contributed by atoms with E-state index < -0.39 is 0 Å². The molecule has 0 heterocycles. The van der Waals surface area contributed by atoms with E-state index in [4.69, 9.17) is 0 Å². The van der Waals surface area contributed by atoms with Crippen LogP contribution >= 0.6 is 0 Å². The molecule has 0 bridgehead atoms. The summed E-state index contributed by atoms with van der Waals surface area (Å²) in [6.07, 6.45) is 2.53. The number of hydrogen-bond donors (Lipinski definition) is 1. The van der Waals surface area contributed by atoms with Gasteiger partial charge in [-0.1, -0.05) is 79.4 Å². The fourth-order valence-electron chi connectivity index (χ4n) is 3.59. The van der Waals surface area contributed by atoms with E-state index in [0.29, 0.717) is 16.0 Å². The van der Waals surface area contributed by atoms with E-state index in [1.54, 1.807) is 0 Å².